The van der Waals surface area contributed by atoms with E-state index in [1.807, 2.05) is 24.3 Å². The van der Waals surface area contributed by atoms with Gasteiger partial charge in [0, 0.05) is 60.1 Å². The molecule has 1 saturated heterocycles. The summed E-state index contributed by atoms with van der Waals surface area (Å²) in [5.74, 6) is -1.09. The van der Waals surface area contributed by atoms with Gasteiger partial charge in [0.1, 0.15) is 11.7 Å². The Hall–Kier alpha value is -3.69. The summed E-state index contributed by atoms with van der Waals surface area (Å²) in [6.45, 7) is 1.23. The molecule has 2 saturated carbocycles. The van der Waals surface area contributed by atoms with Crippen molar-refractivity contribution in [3.8, 4) is 23.0 Å². The number of carbonyl (C=O) groups excluding carboxylic acids is 1. The van der Waals surface area contributed by atoms with Crippen LogP contribution in [0.2, 0.25) is 0 Å². The number of hydrogen-bond donors (Lipinski definition) is 4. The minimum Gasteiger partial charge on any atom is -0.370 e. The molecule has 3 fully saturated rings. The molecule has 3 aliphatic rings. The lowest BCUT2D eigenvalue weighted by Gasteiger charge is -2.36. The number of alkyl halides is 1. The predicted octanol–water partition coefficient (Wildman–Crippen LogP) is 4.41. The van der Waals surface area contributed by atoms with Crippen LogP contribution in [0, 0.1) is 27.8 Å². The molecule has 41 heavy (non-hydrogen) atoms. The molecule has 12 heteroatoms. The van der Waals surface area contributed by atoms with Crippen molar-refractivity contribution in [2.75, 3.05) is 29.5 Å². The summed E-state index contributed by atoms with van der Waals surface area (Å²) < 4.78 is 48.9. The van der Waals surface area contributed by atoms with Gasteiger partial charge in [-0.15, -0.1) is 10.1 Å². The Morgan fingerprint density at radius 1 is 1.20 bits per heavy atom. The summed E-state index contributed by atoms with van der Waals surface area (Å²) in [5, 5.41) is 17.1. The Morgan fingerprint density at radius 3 is 2.59 bits per heavy atom. The van der Waals surface area contributed by atoms with Crippen molar-refractivity contribution in [3.63, 3.8) is 0 Å². The maximum absolute atomic E-state index is 14.8. The fourth-order valence-electron chi connectivity index (χ4n) is 5.90. The Labute approximate surface area is 238 Å². The van der Waals surface area contributed by atoms with Gasteiger partial charge in [-0.05, 0) is 61.9 Å². The van der Waals surface area contributed by atoms with Gasteiger partial charge >= 0.3 is 0 Å². The number of anilines is 1. The minimum atomic E-state index is -2.55. The molecule has 1 aromatic carbocycles. The number of hydrogen-bond acceptors (Lipinski definition) is 6. The zero-order chi connectivity index (χ0) is 28.8. The van der Waals surface area contributed by atoms with Gasteiger partial charge in [-0.25, -0.2) is 18.4 Å². The highest BCUT2D eigenvalue weighted by Gasteiger charge is 2.48. The molecule has 9 nitrogen and oxygen atoms in total. The maximum atomic E-state index is 14.8. The van der Waals surface area contributed by atoms with Crippen molar-refractivity contribution < 1.29 is 18.1 Å². The molecule has 2 aliphatic carbocycles. The quantitative estimate of drug-likeness (QED) is 0.319. The molecule has 0 spiro atoms. The Kier molecular flexibility index (Phi) is 7.11. The fraction of sp³-hybridized carbons (Fsp3) is 0.448. The second-order valence-electron chi connectivity index (χ2n) is 11.4. The number of benzene rings is 1. The number of nitriles is 1. The highest BCUT2D eigenvalue weighted by Crippen LogP contribution is 2.44. The second kappa shape index (κ2) is 10.6. The normalized spacial score (nSPS) is 25.6. The average molecular weight is 582 g/mol. The lowest BCUT2D eigenvalue weighted by Crippen LogP contribution is -2.44. The van der Waals surface area contributed by atoms with Gasteiger partial charge in [0.2, 0.25) is 5.91 Å². The lowest BCUT2D eigenvalue weighted by molar-refractivity contribution is -0.128. The molecule has 1 amide bonds. The first kappa shape index (κ1) is 27.5. The molecule has 0 bridgehead atoms. The van der Waals surface area contributed by atoms with Crippen LogP contribution >= 0.6 is 0 Å². The van der Waals surface area contributed by atoms with E-state index in [0.717, 1.165) is 11.3 Å². The van der Waals surface area contributed by atoms with Crippen molar-refractivity contribution >= 4 is 21.7 Å². The van der Waals surface area contributed by atoms with Crippen molar-refractivity contribution in [1.82, 2.24) is 20.1 Å². The van der Waals surface area contributed by atoms with Gasteiger partial charge in [-0.2, -0.15) is 10.4 Å². The lowest BCUT2D eigenvalue weighted by atomic mass is 9.74. The number of nitrogens with zero attached hydrogens (tertiary/aromatic N) is 5. The number of rotatable bonds is 6. The summed E-state index contributed by atoms with van der Waals surface area (Å²) >= 11 is 0. The van der Waals surface area contributed by atoms with E-state index in [9.17, 15) is 23.4 Å². The van der Waals surface area contributed by atoms with Crippen molar-refractivity contribution in [2.45, 2.75) is 49.7 Å². The van der Waals surface area contributed by atoms with Crippen LogP contribution in [0.5, 0.6) is 0 Å². The molecule has 3 atom stereocenters. The van der Waals surface area contributed by atoms with Crippen LogP contribution in [0.15, 0.2) is 48.8 Å². The molecule has 216 valence electrons. The number of amides is 1. The molecular formula is C29H33F2N7O2S. The molecule has 6 rings (SSSR count). The Bertz CT molecular complexity index is 1540. The number of thiol groups is 1. The highest BCUT2D eigenvalue weighted by molar-refractivity contribution is 7.98. The molecular weight excluding hydrogens is 548 g/mol. The summed E-state index contributed by atoms with van der Waals surface area (Å²) in [6.07, 6.45) is 3.91. The first-order valence-corrected chi connectivity index (χ1v) is 16.1. The van der Waals surface area contributed by atoms with E-state index in [-0.39, 0.29) is 24.6 Å². The first-order chi connectivity index (χ1) is 19.7. The largest absolute Gasteiger partial charge is 0.370 e. The molecule has 2 aromatic heterocycles. The maximum Gasteiger partial charge on any atom is 0.225 e. The monoisotopic (exact) mass is 581 g/mol. The van der Waals surface area contributed by atoms with Gasteiger partial charge in [-0.3, -0.25) is 9.57 Å². The van der Waals surface area contributed by atoms with E-state index < -0.39 is 39.5 Å². The molecule has 3 N–H and O–H groups in total. The number of pyridine rings is 1. The number of carbonyl (C=O) groups is 1. The van der Waals surface area contributed by atoms with Gasteiger partial charge < -0.3 is 14.8 Å². The third kappa shape index (κ3) is 5.61. The van der Waals surface area contributed by atoms with E-state index >= 15 is 0 Å². The predicted molar refractivity (Wildman–Crippen MR) is 154 cm³/mol. The topological polar surface area (TPSA) is 131 Å². The fourth-order valence-corrected chi connectivity index (χ4v) is 7.27. The van der Waals surface area contributed by atoms with Gasteiger partial charge in [0.25, 0.3) is 0 Å². The number of nitrogens with one attached hydrogen (secondary N) is 2. The van der Waals surface area contributed by atoms with Crippen LogP contribution < -0.4 is 10.2 Å². The molecule has 3 heterocycles. The minimum absolute atomic E-state index is 0.0257. The van der Waals surface area contributed by atoms with Crippen LogP contribution in [0.4, 0.5) is 14.5 Å². The Balaban J connectivity index is 1.37. The van der Waals surface area contributed by atoms with E-state index in [1.165, 1.54) is 23.0 Å². The third-order valence-electron chi connectivity index (χ3n) is 8.52. The van der Waals surface area contributed by atoms with Crippen molar-refractivity contribution in [3.05, 3.63) is 60.3 Å². The van der Waals surface area contributed by atoms with Crippen LogP contribution in [0.25, 0.3) is 16.9 Å². The van der Waals surface area contributed by atoms with Crippen LogP contribution in [-0.2, 0) is 14.9 Å². The van der Waals surface area contributed by atoms with Crippen LogP contribution in [0.1, 0.15) is 43.7 Å². The van der Waals surface area contributed by atoms with E-state index in [4.69, 9.17) is 9.88 Å². The first-order valence-electron chi connectivity index (χ1n) is 14.0. The molecule has 1 aliphatic heterocycles. The summed E-state index contributed by atoms with van der Waals surface area (Å²) in [6, 6.07) is 12.8. The summed E-state index contributed by atoms with van der Waals surface area (Å²) in [5.41, 5.74) is 2.18. The number of halogens is 2. The summed E-state index contributed by atoms with van der Waals surface area (Å²) in [4.78, 5) is 19.7. The van der Waals surface area contributed by atoms with Gasteiger partial charge in [0.05, 0.1) is 11.8 Å². The van der Waals surface area contributed by atoms with Crippen molar-refractivity contribution in [1.29, 1.82) is 10.0 Å². The smallest absolute Gasteiger partial charge is 0.225 e. The van der Waals surface area contributed by atoms with Gasteiger partial charge in [-0.1, -0.05) is 12.1 Å². The van der Waals surface area contributed by atoms with E-state index in [0.29, 0.717) is 55.1 Å². The zero-order valence-electron chi connectivity index (χ0n) is 22.5. The molecule has 0 radical (unpaired) electrons. The second-order valence-corrected chi connectivity index (χ2v) is 14.1. The zero-order valence-corrected chi connectivity index (χ0v) is 23.4. The van der Waals surface area contributed by atoms with Crippen LogP contribution in [-0.4, -0.2) is 61.5 Å². The van der Waals surface area contributed by atoms with Gasteiger partial charge in [0.15, 0.2) is 11.6 Å². The SMILES string of the molecule is N#CC1(NC(=O)[C@@H]2C[C@@H](F)CC[C@H]2c2nn(-c3ncccc3F)cc2-c2ccc(N3CC[SH](=N)(O)CC3)cc2)CC1. The molecule has 0 unspecified atom stereocenters. The molecule has 3 aromatic rings. The van der Waals surface area contributed by atoms with E-state index in [2.05, 4.69) is 21.3 Å². The Morgan fingerprint density at radius 2 is 1.93 bits per heavy atom. The standard InChI is InChI=1S/C29H33F2N7O2S/c30-20-5-8-22(23(16-20)28(39)35-29(18-32)9-10-29)26-24(17-38(36-26)27-25(31)2-1-11-34-27)19-3-6-21(7-4-19)37-12-14-41(33,40)15-13-37/h1-4,6-7,11,17,20,22-23,41H,5,8-10,12-16H2,(H2,33,40)(H,35,39)/t20-,22+,23+/m0/s1. The van der Waals surface area contributed by atoms with Crippen LogP contribution in [0.3, 0.4) is 0 Å². The average Bonchev–Trinajstić information content (AvgIpc) is 3.60. The third-order valence-corrected chi connectivity index (χ3v) is 10.4. The number of aromatic nitrogens is 3. The van der Waals surface area contributed by atoms with E-state index in [1.54, 1.807) is 6.20 Å². The van der Waals surface area contributed by atoms with Crippen molar-refractivity contribution in [2.24, 2.45) is 5.92 Å². The summed E-state index contributed by atoms with van der Waals surface area (Å²) in [7, 11) is -2.55. The highest BCUT2D eigenvalue weighted by atomic mass is 32.3.